The number of halogens is 2. The second kappa shape index (κ2) is 7.85. The van der Waals surface area contributed by atoms with Crippen LogP contribution in [-0.2, 0) is 23.2 Å². The fourth-order valence-electron chi connectivity index (χ4n) is 2.32. The van der Waals surface area contributed by atoms with Crippen LogP contribution in [0.25, 0.3) is 0 Å². The van der Waals surface area contributed by atoms with Gasteiger partial charge in [-0.1, -0.05) is 53.5 Å². The molecule has 0 amide bonds. The number of hydrogen-bond donors (Lipinski definition) is 1. The molecule has 0 saturated carbocycles. The molecular formula is C17H19Cl2NO3S. The summed E-state index contributed by atoms with van der Waals surface area (Å²) in [5.41, 5.74) is 1.20. The van der Waals surface area contributed by atoms with Crippen molar-refractivity contribution in [2.24, 2.45) is 0 Å². The molecule has 4 nitrogen and oxygen atoms in total. The van der Waals surface area contributed by atoms with E-state index in [0.29, 0.717) is 5.56 Å². The highest BCUT2D eigenvalue weighted by Gasteiger charge is 2.30. The molecule has 2 rings (SSSR count). The molecule has 1 N–H and O–H groups in total. The number of nitrogens with zero attached hydrogens (tertiary/aromatic N) is 1. The van der Waals surface area contributed by atoms with Crippen LogP contribution >= 0.6 is 23.2 Å². The fraction of sp³-hybridized carbons (Fsp3) is 0.294. The van der Waals surface area contributed by atoms with Crippen LogP contribution in [0.2, 0.25) is 10.0 Å². The quantitative estimate of drug-likeness (QED) is 0.811. The Balaban J connectivity index is 2.49. The molecule has 0 atom stereocenters. The Hall–Kier alpha value is -1.11. The SMILES string of the molecule is CC(C)N(Cc1ccccc1)S(=O)(=O)c1cc(CO)c(Cl)cc1Cl. The van der Waals surface area contributed by atoms with Crippen molar-refractivity contribution in [2.45, 2.75) is 37.9 Å². The van der Waals surface area contributed by atoms with Gasteiger partial charge in [0, 0.05) is 17.6 Å². The Morgan fingerprint density at radius 2 is 1.71 bits per heavy atom. The van der Waals surface area contributed by atoms with E-state index in [9.17, 15) is 13.5 Å². The molecule has 0 spiro atoms. The molecule has 0 radical (unpaired) electrons. The van der Waals surface area contributed by atoms with Crippen molar-refractivity contribution >= 4 is 33.2 Å². The van der Waals surface area contributed by atoms with E-state index in [1.54, 1.807) is 13.8 Å². The highest BCUT2D eigenvalue weighted by molar-refractivity contribution is 7.89. The number of aliphatic hydroxyl groups is 1. The van der Waals surface area contributed by atoms with E-state index in [4.69, 9.17) is 23.2 Å². The smallest absolute Gasteiger partial charge is 0.245 e. The minimum atomic E-state index is -3.85. The van der Waals surface area contributed by atoms with Crippen LogP contribution in [0.3, 0.4) is 0 Å². The molecule has 0 aliphatic carbocycles. The first kappa shape index (κ1) is 19.2. The third-order valence-corrected chi connectivity index (χ3v) is 6.45. The summed E-state index contributed by atoms with van der Waals surface area (Å²) in [5.74, 6) is 0. The molecule has 0 aliphatic heterocycles. The zero-order chi connectivity index (χ0) is 17.9. The zero-order valence-corrected chi connectivity index (χ0v) is 15.7. The highest BCUT2D eigenvalue weighted by Crippen LogP contribution is 2.32. The molecule has 24 heavy (non-hydrogen) atoms. The molecule has 7 heteroatoms. The maximum absolute atomic E-state index is 13.1. The average molecular weight is 388 g/mol. The second-order valence-electron chi connectivity index (χ2n) is 5.66. The first-order chi connectivity index (χ1) is 11.3. The zero-order valence-electron chi connectivity index (χ0n) is 13.4. The summed E-state index contributed by atoms with van der Waals surface area (Å²) in [5, 5.41) is 9.62. The lowest BCUT2D eigenvalue weighted by Gasteiger charge is -2.26. The van der Waals surface area contributed by atoms with E-state index >= 15 is 0 Å². The summed E-state index contributed by atoms with van der Waals surface area (Å²) >= 11 is 12.1. The fourth-order valence-corrected chi connectivity index (χ4v) is 4.78. The van der Waals surface area contributed by atoms with Crippen LogP contribution in [-0.4, -0.2) is 23.9 Å². The minimum absolute atomic E-state index is 0.0379. The number of hydrogen-bond acceptors (Lipinski definition) is 3. The van der Waals surface area contributed by atoms with Gasteiger partial charge in [0.25, 0.3) is 0 Å². The topological polar surface area (TPSA) is 57.6 Å². The molecule has 0 aromatic heterocycles. The van der Waals surface area contributed by atoms with Crippen LogP contribution in [0.4, 0.5) is 0 Å². The Labute approximate surface area is 152 Å². The van der Waals surface area contributed by atoms with Gasteiger partial charge in [0.1, 0.15) is 4.90 Å². The van der Waals surface area contributed by atoms with E-state index in [1.165, 1.54) is 16.4 Å². The number of benzene rings is 2. The summed E-state index contributed by atoms with van der Waals surface area (Å²) in [6, 6.07) is 11.8. The van der Waals surface area contributed by atoms with Gasteiger partial charge < -0.3 is 5.11 Å². The second-order valence-corrected chi connectivity index (χ2v) is 8.34. The van der Waals surface area contributed by atoms with E-state index in [1.807, 2.05) is 30.3 Å². The number of aliphatic hydroxyl groups excluding tert-OH is 1. The predicted octanol–water partition coefficient (Wildman–Crippen LogP) is 4.09. The van der Waals surface area contributed by atoms with Crippen LogP contribution in [0.5, 0.6) is 0 Å². The first-order valence-corrected chi connectivity index (χ1v) is 9.61. The maximum atomic E-state index is 13.1. The third-order valence-electron chi connectivity index (χ3n) is 3.62. The lowest BCUT2D eigenvalue weighted by molar-refractivity contribution is 0.281. The van der Waals surface area contributed by atoms with Crippen LogP contribution in [0.15, 0.2) is 47.4 Å². The molecule has 0 bridgehead atoms. The van der Waals surface area contributed by atoms with Gasteiger partial charge in [-0.3, -0.25) is 0 Å². The largest absolute Gasteiger partial charge is 0.392 e. The van der Waals surface area contributed by atoms with Crippen molar-refractivity contribution in [1.82, 2.24) is 4.31 Å². The molecular weight excluding hydrogens is 369 g/mol. The molecule has 2 aromatic carbocycles. The third kappa shape index (κ3) is 4.10. The van der Waals surface area contributed by atoms with Gasteiger partial charge in [0.2, 0.25) is 10.0 Å². The summed E-state index contributed by atoms with van der Waals surface area (Å²) in [6.07, 6.45) is 0. The van der Waals surface area contributed by atoms with Gasteiger partial charge in [-0.2, -0.15) is 4.31 Å². The van der Waals surface area contributed by atoms with Gasteiger partial charge in [0.15, 0.2) is 0 Å². The Morgan fingerprint density at radius 1 is 1.08 bits per heavy atom. The molecule has 0 unspecified atom stereocenters. The minimum Gasteiger partial charge on any atom is -0.392 e. The Morgan fingerprint density at radius 3 is 2.25 bits per heavy atom. The van der Waals surface area contributed by atoms with Gasteiger partial charge in [0.05, 0.1) is 11.6 Å². The molecule has 0 fully saturated rings. The van der Waals surface area contributed by atoms with Crippen LogP contribution in [0.1, 0.15) is 25.0 Å². The lowest BCUT2D eigenvalue weighted by Crippen LogP contribution is -2.36. The monoisotopic (exact) mass is 387 g/mol. The Bertz CT molecular complexity index is 808. The Kier molecular flexibility index (Phi) is 6.28. The molecule has 0 aliphatic rings. The average Bonchev–Trinajstić information content (AvgIpc) is 2.53. The van der Waals surface area contributed by atoms with Gasteiger partial charge >= 0.3 is 0 Å². The highest BCUT2D eigenvalue weighted by atomic mass is 35.5. The normalized spacial score (nSPS) is 12.1. The van der Waals surface area contributed by atoms with Gasteiger partial charge in [-0.25, -0.2) is 8.42 Å². The molecule has 0 saturated heterocycles. The summed E-state index contributed by atoms with van der Waals surface area (Å²) in [4.78, 5) is -0.0535. The van der Waals surface area contributed by atoms with Gasteiger partial charge in [-0.15, -0.1) is 0 Å². The van der Waals surface area contributed by atoms with E-state index in [2.05, 4.69) is 0 Å². The van der Waals surface area contributed by atoms with Crippen molar-refractivity contribution < 1.29 is 13.5 Å². The molecule has 0 heterocycles. The van der Waals surface area contributed by atoms with E-state index in [0.717, 1.165) is 5.56 Å². The summed E-state index contributed by atoms with van der Waals surface area (Å²) in [7, 11) is -3.85. The van der Waals surface area contributed by atoms with E-state index in [-0.39, 0.29) is 34.1 Å². The van der Waals surface area contributed by atoms with Crippen molar-refractivity contribution in [3.05, 3.63) is 63.6 Å². The van der Waals surface area contributed by atoms with Crippen molar-refractivity contribution in [3.8, 4) is 0 Å². The van der Waals surface area contributed by atoms with Crippen molar-refractivity contribution in [1.29, 1.82) is 0 Å². The van der Waals surface area contributed by atoms with Crippen molar-refractivity contribution in [3.63, 3.8) is 0 Å². The number of rotatable bonds is 6. The number of sulfonamides is 1. The standard InChI is InChI=1S/C17H19Cl2NO3S/c1-12(2)20(10-13-6-4-3-5-7-13)24(22,23)17-8-14(11-21)15(18)9-16(17)19/h3-9,12,21H,10-11H2,1-2H3. The van der Waals surface area contributed by atoms with Crippen molar-refractivity contribution in [2.75, 3.05) is 0 Å². The summed E-state index contributed by atoms with van der Waals surface area (Å²) < 4.78 is 27.6. The van der Waals surface area contributed by atoms with Crippen LogP contribution < -0.4 is 0 Å². The molecule has 2 aromatic rings. The molecule has 130 valence electrons. The summed E-state index contributed by atoms with van der Waals surface area (Å²) in [6.45, 7) is 3.47. The van der Waals surface area contributed by atoms with E-state index < -0.39 is 10.0 Å². The predicted molar refractivity (Wildman–Crippen MR) is 96.7 cm³/mol. The van der Waals surface area contributed by atoms with Crippen LogP contribution in [0, 0.1) is 0 Å². The maximum Gasteiger partial charge on any atom is 0.245 e. The van der Waals surface area contributed by atoms with Gasteiger partial charge in [-0.05, 0) is 37.1 Å². The first-order valence-electron chi connectivity index (χ1n) is 7.42. The lowest BCUT2D eigenvalue weighted by atomic mass is 10.2.